The lowest BCUT2D eigenvalue weighted by Crippen LogP contribution is -2.43. The molecule has 1 aliphatic rings. The zero-order valence-corrected chi connectivity index (χ0v) is 13.2. The highest BCUT2D eigenvalue weighted by atomic mass is 79.9. The standard InChI is InChI=1S/C13H18BrNO3S/c1-15-19(16,17)13-6-7-18-9-11(13)8-10-2-4-12(14)5-3-10/h2-5,11,13,15H,6-9H2,1H3. The Balaban J connectivity index is 2.14. The van der Waals surface area contributed by atoms with E-state index in [1.54, 1.807) is 0 Å². The molecule has 0 bridgehead atoms. The van der Waals surface area contributed by atoms with Gasteiger partial charge in [0.2, 0.25) is 10.0 Å². The van der Waals surface area contributed by atoms with Gasteiger partial charge >= 0.3 is 0 Å². The number of nitrogens with one attached hydrogen (secondary N) is 1. The summed E-state index contributed by atoms with van der Waals surface area (Å²) in [4.78, 5) is 0. The van der Waals surface area contributed by atoms with Crippen LogP contribution in [-0.4, -0.2) is 33.9 Å². The Morgan fingerprint density at radius 3 is 2.68 bits per heavy atom. The Morgan fingerprint density at radius 1 is 1.37 bits per heavy atom. The predicted molar refractivity (Wildman–Crippen MR) is 78.5 cm³/mol. The molecule has 2 atom stereocenters. The first-order chi connectivity index (χ1) is 9.03. The lowest BCUT2D eigenvalue weighted by atomic mass is 9.94. The van der Waals surface area contributed by atoms with Crippen LogP contribution < -0.4 is 4.72 Å². The van der Waals surface area contributed by atoms with Gasteiger partial charge < -0.3 is 4.74 Å². The van der Waals surface area contributed by atoms with Gasteiger partial charge in [-0.3, -0.25) is 0 Å². The number of ether oxygens (including phenoxy) is 1. The smallest absolute Gasteiger partial charge is 0.214 e. The van der Waals surface area contributed by atoms with Crippen LogP contribution in [0.2, 0.25) is 0 Å². The molecule has 19 heavy (non-hydrogen) atoms. The molecular formula is C13H18BrNO3S. The summed E-state index contributed by atoms with van der Waals surface area (Å²) in [6.45, 7) is 1.02. The molecule has 1 heterocycles. The zero-order chi connectivity index (χ0) is 13.9. The first-order valence-electron chi connectivity index (χ1n) is 6.27. The second kappa shape index (κ2) is 6.35. The van der Waals surface area contributed by atoms with Crippen molar-refractivity contribution < 1.29 is 13.2 Å². The van der Waals surface area contributed by atoms with Crippen LogP contribution in [0.25, 0.3) is 0 Å². The van der Waals surface area contributed by atoms with E-state index < -0.39 is 10.0 Å². The third kappa shape index (κ3) is 3.78. The van der Waals surface area contributed by atoms with E-state index in [1.807, 2.05) is 24.3 Å². The normalized spacial score (nSPS) is 24.3. The highest BCUT2D eigenvalue weighted by Gasteiger charge is 2.35. The van der Waals surface area contributed by atoms with Gasteiger partial charge in [-0.05, 0) is 37.6 Å². The number of rotatable bonds is 4. The Kier molecular flexibility index (Phi) is 5.00. The van der Waals surface area contributed by atoms with Crippen molar-refractivity contribution in [2.45, 2.75) is 18.1 Å². The average Bonchev–Trinajstić information content (AvgIpc) is 2.42. The number of hydrogen-bond acceptors (Lipinski definition) is 3. The lowest BCUT2D eigenvalue weighted by molar-refractivity contribution is 0.0570. The predicted octanol–water partition coefficient (Wildman–Crippen LogP) is 1.95. The zero-order valence-electron chi connectivity index (χ0n) is 10.8. The van der Waals surface area contributed by atoms with E-state index in [0.717, 1.165) is 16.5 Å². The molecule has 1 N–H and O–H groups in total. The van der Waals surface area contributed by atoms with E-state index in [0.29, 0.717) is 19.6 Å². The van der Waals surface area contributed by atoms with Gasteiger partial charge in [0.25, 0.3) is 0 Å². The van der Waals surface area contributed by atoms with E-state index in [4.69, 9.17) is 4.74 Å². The van der Waals surface area contributed by atoms with E-state index >= 15 is 0 Å². The molecule has 2 unspecified atom stereocenters. The molecule has 0 saturated carbocycles. The van der Waals surface area contributed by atoms with Crippen LogP contribution in [0.5, 0.6) is 0 Å². The highest BCUT2D eigenvalue weighted by molar-refractivity contribution is 9.10. The molecule has 4 nitrogen and oxygen atoms in total. The second-order valence-electron chi connectivity index (χ2n) is 4.74. The largest absolute Gasteiger partial charge is 0.381 e. The monoisotopic (exact) mass is 347 g/mol. The van der Waals surface area contributed by atoms with Crippen molar-refractivity contribution in [3.8, 4) is 0 Å². The summed E-state index contributed by atoms with van der Waals surface area (Å²) in [6.07, 6.45) is 1.28. The minimum Gasteiger partial charge on any atom is -0.381 e. The minimum absolute atomic E-state index is 0.00683. The molecule has 1 aromatic rings. The summed E-state index contributed by atoms with van der Waals surface area (Å²) in [5.41, 5.74) is 1.13. The molecule has 1 fully saturated rings. The minimum atomic E-state index is -3.24. The van der Waals surface area contributed by atoms with Crippen LogP contribution in [0.4, 0.5) is 0 Å². The summed E-state index contributed by atoms with van der Waals surface area (Å²) < 4.78 is 33.0. The molecule has 0 aromatic heterocycles. The van der Waals surface area contributed by atoms with Gasteiger partial charge in [-0.2, -0.15) is 0 Å². The van der Waals surface area contributed by atoms with Crippen molar-refractivity contribution in [3.63, 3.8) is 0 Å². The summed E-state index contributed by atoms with van der Waals surface area (Å²) in [5, 5.41) is -0.366. The van der Waals surface area contributed by atoms with Crippen molar-refractivity contribution in [1.29, 1.82) is 0 Å². The maximum Gasteiger partial charge on any atom is 0.214 e. The number of hydrogen-bond donors (Lipinski definition) is 1. The van der Waals surface area contributed by atoms with Crippen LogP contribution >= 0.6 is 15.9 Å². The molecule has 6 heteroatoms. The maximum atomic E-state index is 12.0. The van der Waals surface area contributed by atoms with Crippen LogP contribution in [0.15, 0.2) is 28.7 Å². The van der Waals surface area contributed by atoms with E-state index in [9.17, 15) is 8.42 Å². The van der Waals surface area contributed by atoms with Crippen molar-refractivity contribution in [3.05, 3.63) is 34.3 Å². The fourth-order valence-corrected chi connectivity index (χ4v) is 4.11. The Hall–Kier alpha value is -0.430. The van der Waals surface area contributed by atoms with Crippen molar-refractivity contribution >= 4 is 26.0 Å². The van der Waals surface area contributed by atoms with Crippen LogP contribution in [0, 0.1) is 5.92 Å². The SMILES string of the molecule is CNS(=O)(=O)C1CCOCC1Cc1ccc(Br)cc1. The number of halogens is 1. The Bertz CT molecular complexity index is 515. The third-order valence-electron chi connectivity index (χ3n) is 3.50. The molecule has 1 aliphatic heterocycles. The van der Waals surface area contributed by atoms with Gasteiger partial charge in [0.05, 0.1) is 11.9 Å². The van der Waals surface area contributed by atoms with Gasteiger partial charge in [0, 0.05) is 17.0 Å². The summed E-state index contributed by atoms with van der Waals surface area (Å²) in [6, 6.07) is 7.98. The van der Waals surface area contributed by atoms with Crippen molar-refractivity contribution in [1.82, 2.24) is 4.72 Å². The molecule has 0 spiro atoms. The number of benzene rings is 1. The molecule has 2 rings (SSSR count). The quantitative estimate of drug-likeness (QED) is 0.905. The van der Waals surface area contributed by atoms with Gasteiger partial charge in [0.15, 0.2) is 0 Å². The molecule has 0 aliphatic carbocycles. The van der Waals surface area contributed by atoms with E-state index in [-0.39, 0.29) is 11.2 Å². The van der Waals surface area contributed by atoms with Gasteiger partial charge in [0.1, 0.15) is 0 Å². The fourth-order valence-electron chi connectivity index (χ4n) is 2.45. The molecule has 1 aromatic carbocycles. The van der Waals surface area contributed by atoms with E-state index in [2.05, 4.69) is 20.7 Å². The molecule has 0 radical (unpaired) electrons. The van der Waals surface area contributed by atoms with Crippen molar-refractivity contribution in [2.24, 2.45) is 5.92 Å². The van der Waals surface area contributed by atoms with Gasteiger partial charge in [-0.15, -0.1) is 0 Å². The average molecular weight is 348 g/mol. The van der Waals surface area contributed by atoms with Crippen LogP contribution in [-0.2, 0) is 21.2 Å². The lowest BCUT2D eigenvalue weighted by Gasteiger charge is -2.31. The second-order valence-corrected chi connectivity index (χ2v) is 7.76. The third-order valence-corrected chi connectivity index (χ3v) is 6.01. The summed E-state index contributed by atoms with van der Waals surface area (Å²) in [5.74, 6) is 0.00683. The first kappa shape index (κ1) is 15.0. The fraction of sp³-hybridized carbons (Fsp3) is 0.538. The maximum absolute atomic E-state index is 12.0. The Labute approximate surface area is 122 Å². The number of sulfonamides is 1. The van der Waals surface area contributed by atoms with Crippen molar-refractivity contribution in [2.75, 3.05) is 20.3 Å². The van der Waals surface area contributed by atoms with E-state index in [1.165, 1.54) is 7.05 Å². The molecule has 106 valence electrons. The first-order valence-corrected chi connectivity index (χ1v) is 8.61. The molecule has 1 saturated heterocycles. The summed E-state index contributed by atoms with van der Waals surface area (Å²) in [7, 11) is -1.76. The Morgan fingerprint density at radius 2 is 2.05 bits per heavy atom. The summed E-state index contributed by atoms with van der Waals surface area (Å²) >= 11 is 3.39. The molecular weight excluding hydrogens is 330 g/mol. The van der Waals surface area contributed by atoms with Crippen LogP contribution in [0.1, 0.15) is 12.0 Å². The van der Waals surface area contributed by atoms with Gasteiger partial charge in [-0.25, -0.2) is 13.1 Å². The topological polar surface area (TPSA) is 55.4 Å². The van der Waals surface area contributed by atoms with Gasteiger partial charge in [-0.1, -0.05) is 28.1 Å². The molecule has 0 amide bonds. The highest BCUT2D eigenvalue weighted by Crippen LogP contribution is 2.25. The van der Waals surface area contributed by atoms with Crippen LogP contribution in [0.3, 0.4) is 0 Å².